The molecular weight excluding hydrogens is 1040 g/mol. The maximum atomic E-state index is 12.8. The second-order valence-corrected chi connectivity index (χ2v) is 24.2. The van der Waals surface area contributed by atoms with Gasteiger partial charge in [-0.05, 0) is 116 Å². The van der Waals surface area contributed by atoms with Crippen molar-refractivity contribution in [3.05, 3.63) is 134 Å². The smallest absolute Gasteiger partial charge is 0.306 e. The Kier molecular flexibility index (Phi) is 58.8. The van der Waals surface area contributed by atoms with Crippen molar-refractivity contribution in [2.75, 3.05) is 47.5 Å². The molecule has 0 saturated carbocycles. The van der Waals surface area contributed by atoms with E-state index < -0.39 is 32.5 Å². The highest BCUT2D eigenvalue weighted by Crippen LogP contribution is 2.38. The van der Waals surface area contributed by atoms with E-state index in [0.29, 0.717) is 17.4 Å². The summed E-state index contributed by atoms with van der Waals surface area (Å²) in [5.41, 5.74) is 0. The van der Waals surface area contributed by atoms with E-state index in [9.17, 15) is 19.0 Å². The third-order valence-corrected chi connectivity index (χ3v) is 14.6. The predicted molar refractivity (Wildman–Crippen MR) is 351 cm³/mol. The fourth-order valence-corrected chi connectivity index (χ4v) is 9.35. The van der Waals surface area contributed by atoms with Gasteiger partial charge in [0.25, 0.3) is 7.82 Å². The van der Waals surface area contributed by atoms with Gasteiger partial charge in [0.05, 0.1) is 27.7 Å². The summed E-state index contributed by atoms with van der Waals surface area (Å²) in [5.74, 6) is -0.888. The second-order valence-electron chi connectivity index (χ2n) is 22.7. The Morgan fingerprint density at radius 1 is 0.390 bits per heavy atom. The molecule has 0 aromatic rings. The van der Waals surface area contributed by atoms with E-state index in [1.54, 1.807) is 0 Å². The van der Waals surface area contributed by atoms with Gasteiger partial charge in [-0.25, -0.2) is 0 Å². The minimum Gasteiger partial charge on any atom is -0.756 e. The van der Waals surface area contributed by atoms with Gasteiger partial charge in [-0.1, -0.05) is 263 Å². The van der Waals surface area contributed by atoms with Crippen LogP contribution in [0, 0.1) is 0 Å². The largest absolute Gasteiger partial charge is 0.756 e. The predicted octanol–water partition coefficient (Wildman–Crippen LogP) is 20.6. The van der Waals surface area contributed by atoms with Crippen LogP contribution in [0.2, 0.25) is 0 Å². The highest BCUT2D eigenvalue weighted by molar-refractivity contribution is 7.45. The second kappa shape index (κ2) is 61.7. The van der Waals surface area contributed by atoms with Gasteiger partial charge < -0.3 is 27.9 Å². The molecule has 9 nitrogen and oxygen atoms in total. The topological polar surface area (TPSA) is 111 Å². The van der Waals surface area contributed by atoms with Crippen LogP contribution in [0.5, 0.6) is 0 Å². The van der Waals surface area contributed by atoms with Crippen molar-refractivity contribution in [3.63, 3.8) is 0 Å². The van der Waals surface area contributed by atoms with Gasteiger partial charge in [0.2, 0.25) is 0 Å². The minimum absolute atomic E-state index is 0.0460. The molecule has 82 heavy (non-hydrogen) atoms. The van der Waals surface area contributed by atoms with E-state index >= 15 is 0 Å². The van der Waals surface area contributed by atoms with Crippen molar-refractivity contribution in [2.24, 2.45) is 0 Å². The molecule has 0 spiro atoms. The highest BCUT2D eigenvalue weighted by atomic mass is 31.2. The Hall–Kier alpha value is -3.85. The van der Waals surface area contributed by atoms with Gasteiger partial charge in [0.15, 0.2) is 6.10 Å². The number of likely N-dealkylation sites (N-methyl/N-ethyl adjacent to an activating group) is 1. The van der Waals surface area contributed by atoms with Crippen molar-refractivity contribution in [1.82, 2.24) is 0 Å². The lowest BCUT2D eigenvalue weighted by Crippen LogP contribution is -2.37. The number of quaternary nitrogens is 1. The number of rotatable bonds is 59. The zero-order chi connectivity index (χ0) is 59.8. The normalized spacial score (nSPS) is 14.1. The number of hydrogen-bond donors (Lipinski definition) is 0. The number of esters is 2. The maximum absolute atomic E-state index is 12.8. The number of phosphoric acid groups is 1. The van der Waals surface area contributed by atoms with Crippen LogP contribution in [-0.4, -0.2) is 70.0 Å². The summed E-state index contributed by atoms with van der Waals surface area (Å²) in [6, 6.07) is 0. The summed E-state index contributed by atoms with van der Waals surface area (Å²) in [4.78, 5) is 38.0. The molecule has 0 saturated heterocycles. The van der Waals surface area contributed by atoms with Gasteiger partial charge >= 0.3 is 11.9 Å². The number of ether oxygens (including phenoxy) is 2. The Labute approximate surface area is 504 Å². The van der Waals surface area contributed by atoms with Gasteiger partial charge in [-0.15, -0.1) is 0 Å². The van der Waals surface area contributed by atoms with E-state index in [1.807, 2.05) is 21.1 Å². The summed E-state index contributed by atoms with van der Waals surface area (Å²) in [6.07, 6.45) is 89.5. The lowest BCUT2D eigenvalue weighted by Gasteiger charge is -2.28. The average Bonchev–Trinajstić information content (AvgIpc) is 3.46. The van der Waals surface area contributed by atoms with Crippen LogP contribution >= 0.6 is 7.82 Å². The number of unbranched alkanes of at least 4 members (excludes halogenated alkanes) is 23. The summed E-state index contributed by atoms with van der Waals surface area (Å²) in [6.45, 7) is 4.08. The molecule has 0 radical (unpaired) electrons. The van der Waals surface area contributed by atoms with Crippen molar-refractivity contribution in [1.29, 1.82) is 0 Å². The van der Waals surface area contributed by atoms with Gasteiger partial charge in [0.1, 0.15) is 19.8 Å². The Morgan fingerprint density at radius 3 is 1.07 bits per heavy atom. The molecule has 0 N–H and O–H groups in total. The van der Waals surface area contributed by atoms with Crippen LogP contribution < -0.4 is 4.89 Å². The summed E-state index contributed by atoms with van der Waals surface area (Å²) >= 11 is 0. The molecular formula is C72H122NO8P. The van der Waals surface area contributed by atoms with Crippen molar-refractivity contribution >= 4 is 19.8 Å². The zero-order valence-corrected chi connectivity index (χ0v) is 54.0. The molecule has 2 atom stereocenters. The summed E-state index contributed by atoms with van der Waals surface area (Å²) < 4.78 is 34.2. The molecule has 0 bridgehead atoms. The lowest BCUT2D eigenvalue weighted by molar-refractivity contribution is -0.870. The van der Waals surface area contributed by atoms with E-state index in [2.05, 4.69) is 148 Å². The molecule has 0 aliphatic carbocycles. The molecule has 0 aromatic carbocycles. The molecule has 0 rings (SSSR count). The Morgan fingerprint density at radius 2 is 0.695 bits per heavy atom. The number of nitrogens with zero attached hydrogens (tertiary/aromatic N) is 1. The highest BCUT2D eigenvalue weighted by Gasteiger charge is 2.22. The van der Waals surface area contributed by atoms with Crippen LogP contribution in [0.3, 0.4) is 0 Å². The quantitative estimate of drug-likeness (QED) is 0.0195. The molecule has 0 aliphatic heterocycles. The number of allylic oxidation sites excluding steroid dienone is 22. The fraction of sp³-hybridized carbons (Fsp3) is 0.667. The monoisotopic (exact) mass is 1160 g/mol. The van der Waals surface area contributed by atoms with E-state index in [-0.39, 0.29) is 26.1 Å². The molecule has 0 aliphatic rings. The van der Waals surface area contributed by atoms with E-state index in [0.717, 1.165) is 96.3 Å². The first-order valence-corrected chi connectivity index (χ1v) is 34.4. The fourth-order valence-electron chi connectivity index (χ4n) is 8.62. The van der Waals surface area contributed by atoms with Crippen molar-refractivity contribution in [2.45, 2.75) is 264 Å². The third-order valence-electron chi connectivity index (χ3n) is 13.7. The maximum Gasteiger partial charge on any atom is 0.306 e. The van der Waals surface area contributed by atoms with Crippen LogP contribution in [0.25, 0.3) is 0 Å². The Balaban J connectivity index is 4.23. The summed E-state index contributed by atoms with van der Waals surface area (Å²) in [7, 11) is 1.12. The third kappa shape index (κ3) is 65.3. The van der Waals surface area contributed by atoms with E-state index in [4.69, 9.17) is 18.5 Å². The first-order valence-electron chi connectivity index (χ1n) is 32.9. The van der Waals surface area contributed by atoms with E-state index in [1.165, 1.54) is 128 Å². The van der Waals surface area contributed by atoms with Crippen molar-refractivity contribution in [3.8, 4) is 0 Å². The van der Waals surface area contributed by atoms with Crippen molar-refractivity contribution < 1.29 is 42.1 Å². The first-order chi connectivity index (χ1) is 40.0. The molecule has 0 amide bonds. The number of hydrogen-bond acceptors (Lipinski definition) is 8. The number of carbonyl (C=O) groups is 2. The van der Waals surface area contributed by atoms with Gasteiger partial charge in [-0.3, -0.25) is 14.2 Å². The standard InChI is InChI=1S/C72H122NO8P/c1-6-8-10-12-14-16-18-20-22-24-26-28-30-32-33-34-35-36-37-38-39-41-43-45-47-49-51-53-55-57-59-61-63-65-72(75)81-70(69-80-82(76,77)79-67-66-73(3,4)5)68-78-71(74)64-62-60-58-56-54-52-50-48-46-44-42-40-31-29-27-25-23-21-19-17-15-13-11-9-7-2/h8,10,14,16,20,22,25-28,32-33,35-36,38-39,43,45,49,51,55,57,70H,6-7,9,11-13,15,17-19,21,23-24,29-31,34,37,40-42,44,46-48,50,52-54,56,58-69H2,1-5H3/b10-8-,16-14-,22-20-,27-25-,28-26-,33-32-,36-35-,39-38-,45-43-,51-49-,57-55-. The summed E-state index contributed by atoms with van der Waals surface area (Å²) in [5, 5.41) is 0. The van der Waals surface area contributed by atoms with Crippen LogP contribution in [0.15, 0.2) is 134 Å². The van der Waals surface area contributed by atoms with Crippen LogP contribution in [-0.2, 0) is 32.7 Å². The number of carbonyl (C=O) groups excluding carboxylic acids is 2. The molecule has 0 aromatic heterocycles. The minimum atomic E-state index is -4.66. The SMILES string of the molecule is CC/C=C\C/C=C\C/C=C\C/C=C\C/C=C\C/C=C\C/C=C\C/C=C\C/C=C\C/C=C\CCCCC(=O)OC(COC(=O)CCCCCCCCCCCCCCC/C=C\CCCCCCCCCC)COP(=O)([O-])OCC[N+](C)(C)C. The van der Waals surface area contributed by atoms with Gasteiger partial charge in [0, 0.05) is 12.8 Å². The molecule has 2 unspecified atom stereocenters. The molecule has 468 valence electrons. The molecule has 0 fully saturated rings. The van der Waals surface area contributed by atoms with Crippen LogP contribution in [0.1, 0.15) is 258 Å². The first kappa shape index (κ1) is 78.1. The zero-order valence-electron chi connectivity index (χ0n) is 53.1. The average molecular weight is 1160 g/mol. The Bertz CT molecular complexity index is 1850. The number of phosphoric ester groups is 1. The molecule has 0 heterocycles. The van der Waals surface area contributed by atoms with Crippen LogP contribution in [0.4, 0.5) is 0 Å². The molecule has 10 heteroatoms. The van der Waals surface area contributed by atoms with Gasteiger partial charge in [-0.2, -0.15) is 0 Å². The lowest BCUT2D eigenvalue weighted by atomic mass is 10.0.